The number of hydrogen-bond acceptors (Lipinski definition) is 3. The van der Waals surface area contributed by atoms with Gasteiger partial charge in [0.2, 0.25) is 0 Å². The SMILES string of the molecule is CCOC(=O)c1cccc(-n2c(-c3cccc(F)c3)nc3cc(C(F)(F)F)ccc32)c1. The first-order chi connectivity index (χ1) is 14.8. The molecule has 4 rings (SSSR count). The number of carbonyl (C=O) groups is 1. The number of nitrogens with zero attached hydrogens (tertiary/aromatic N) is 2. The summed E-state index contributed by atoms with van der Waals surface area (Å²) in [7, 11) is 0. The molecule has 0 amide bonds. The van der Waals surface area contributed by atoms with Crippen LogP contribution in [0.25, 0.3) is 28.1 Å². The molecular formula is C23H16F4N2O2. The zero-order valence-corrected chi connectivity index (χ0v) is 16.3. The second kappa shape index (κ2) is 7.86. The van der Waals surface area contributed by atoms with Gasteiger partial charge < -0.3 is 4.74 Å². The molecule has 31 heavy (non-hydrogen) atoms. The van der Waals surface area contributed by atoms with Gasteiger partial charge in [0.1, 0.15) is 11.6 Å². The number of alkyl halides is 3. The molecule has 0 saturated heterocycles. The summed E-state index contributed by atoms with van der Waals surface area (Å²) in [6.45, 7) is 1.89. The van der Waals surface area contributed by atoms with Crippen molar-refractivity contribution in [2.24, 2.45) is 0 Å². The van der Waals surface area contributed by atoms with Gasteiger partial charge in [0, 0.05) is 11.3 Å². The van der Waals surface area contributed by atoms with Crippen molar-refractivity contribution in [1.29, 1.82) is 0 Å². The second-order valence-corrected chi connectivity index (χ2v) is 6.75. The molecule has 0 radical (unpaired) electrons. The average molecular weight is 428 g/mol. The fourth-order valence-corrected chi connectivity index (χ4v) is 3.33. The number of carbonyl (C=O) groups excluding carboxylic acids is 1. The van der Waals surface area contributed by atoms with E-state index in [0.717, 1.165) is 12.1 Å². The van der Waals surface area contributed by atoms with Gasteiger partial charge in [-0.15, -0.1) is 0 Å². The van der Waals surface area contributed by atoms with Crippen LogP contribution in [-0.4, -0.2) is 22.1 Å². The number of benzene rings is 3. The molecule has 0 aliphatic carbocycles. The molecule has 3 aromatic carbocycles. The van der Waals surface area contributed by atoms with Crippen LogP contribution in [0.3, 0.4) is 0 Å². The number of halogens is 4. The van der Waals surface area contributed by atoms with Gasteiger partial charge in [-0.1, -0.05) is 18.2 Å². The van der Waals surface area contributed by atoms with Gasteiger partial charge in [-0.3, -0.25) is 4.57 Å². The van der Waals surface area contributed by atoms with Crippen molar-refractivity contribution in [3.05, 3.63) is 83.7 Å². The fourth-order valence-electron chi connectivity index (χ4n) is 3.33. The maximum absolute atomic E-state index is 13.9. The fraction of sp³-hybridized carbons (Fsp3) is 0.130. The van der Waals surface area contributed by atoms with Crippen molar-refractivity contribution in [2.45, 2.75) is 13.1 Å². The lowest BCUT2D eigenvalue weighted by atomic mass is 10.1. The normalized spacial score (nSPS) is 11.6. The number of rotatable bonds is 4. The smallest absolute Gasteiger partial charge is 0.416 e. The Morgan fingerprint density at radius 3 is 2.52 bits per heavy atom. The molecule has 0 fully saturated rings. The molecule has 0 aliphatic heterocycles. The van der Waals surface area contributed by atoms with Crippen molar-refractivity contribution >= 4 is 17.0 Å². The predicted molar refractivity (Wildman–Crippen MR) is 107 cm³/mol. The number of aromatic nitrogens is 2. The van der Waals surface area contributed by atoms with Gasteiger partial charge >= 0.3 is 12.1 Å². The molecule has 4 aromatic rings. The van der Waals surface area contributed by atoms with Crippen LogP contribution in [0.15, 0.2) is 66.7 Å². The minimum absolute atomic E-state index is 0.0932. The van der Waals surface area contributed by atoms with E-state index < -0.39 is 23.5 Å². The van der Waals surface area contributed by atoms with Crippen LogP contribution < -0.4 is 0 Å². The molecule has 0 spiro atoms. The largest absolute Gasteiger partial charge is 0.462 e. The Bertz CT molecular complexity index is 1280. The van der Waals surface area contributed by atoms with Crippen molar-refractivity contribution in [3.8, 4) is 17.1 Å². The van der Waals surface area contributed by atoms with Gasteiger partial charge in [0.05, 0.1) is 28.8 Å². The summed E-state index contributed by atoms with van der Waals surface area (Å²) in [5.74, 6) is -0.789. The lowest BCUT2D eigenvalue weighted by Crippen LogP contribution is -2.06. The van der Waals surface area contributed by atoms with Crippen LogP contribution in [0.1, 0.15) is 22.8 Å². The first-order valence-electron chi connectivity index (χ1n) is 9.41. The Morgan fingerprint density at radius 1 is 1.03 bits per heavy atom. The zero-order valence-electron chi connectivity index (χ0n) is 16.3. The highest BCUT2D eigenvalue weighted by atomic mass is 19.4. The van der Waals surface area contributed by atoms with Gasteiger partial charge in [-0.05, 0) is 55.5 Å². The van der Waals surface area contributed by atoms with Crippen molar-refractivity contribution in [2.75, 3.05) is 6.61 Å². The summed E-state index contributed by atoms with van der Waals surface area (Å²) in [5, 5.41) is 0. The minimum Gasteiger partial charge on any atom is -0.462 e. The minimum atomic E-state index is -4.53. The van der Waals surface area contributed by atoms with Crippen LogP contribution in [-0.2, 0) is 10.9 Å². The maximum Gasteiger partial charge on any atom is 0.416 e. The van der Waals surface area contributed by atoms with Crippen LogP contribution in [0.2, 0.25) is 0 Å². The number of hydrogen-bond donors (Lipinski definition) is 0. The summed E-state index contributed by atoms with van der Waals surface area (Å²) in [6.07, 6.45) is -4.53. The third-order valence-corrected chi connectivity index (χ3v) is 4.68. The predicted octanol–water partition coefficient (Wildman–Crippen LogP) is 6.03. The Hall–Kier alpha value is -3.68. The molecule has 1 aromatic heterocycles. The first kappa shape index (κ1) is 20.6. The lowest BCUT2D eigenvalue weighted by Gasteiger charge is -2.12. The molecule has 0 unspecified atom stereocenters. The highest BCUT2D eigenvalue weighted by molar-refractivity contribution is 5.91. The maximum atomic E-state index is 13.9. The van der Waals surface area contributed by atoms with Crippen molar-refractivity contribution in [3.63, 3.8) is 0 Å². The standard InChI is InChI=1S/C23H16F4N2O2/c1-2-31-22(30)15-6-4-8-18(12-15)29-20-10-9-16(23(25,26)27)13-19(20)28-21(29)14-5-3-7-17(24)11-14/h3-13H,2H2,1H3. The van der Waals surface area contributed by atoms with Gasteiger partial charge in [0.25, 0.3) is 0 Å². The topological polar surface area (TPSA) is 44.1 Å². The second-order valence-electron chi connectivity index (χ2n) is 6.75. The third-order valence-electron chi connectivity index (χ3n) is 4.68. The Labute approximate surface area is 174 Å². The lowest BCUT2D eigenvalue weighted by molar-refractivity contribution is -0.137. The van der Waals surface area contributed by atoms with E-state index >= 15 is 0 Å². The number of imidazole rings is 1. The van der Waals surface area contributed by atoms with Gasteiger partial charge in [-0.2, -0.15) is 13.2 Å². The molecule has 0 saturated carbocycles. The summed E-state index contributed by atoms with van der Waals surface area (Å²) in [5.41, 5.74) is 0.774. The van der Waals surface area contributed by atoms with E-state index in [-0.39, 0.29) is 23.5 Å². The quantitative estimate of drug-likeness (QED) is 0.295. The molecule has 8 heteroatoms. The summed E-state index contributed by atoms with van der Waals surface area (Å²) >= 11 is 0. The summed E-state index contributed by atoms with van der Waals surface area (Å²) in [4.78, 5) is 16.5. The highest BCUT2D eigenvalue weighted by Crippen LogP contribution is 2.34. The third kappa shape index (κ3) is 4.01. The van der Waals surface area contributed by atoms with Crippen LogP contribution in [0.5, 0.6) is 0 Å². The molecule has 0 aliphatic rings. The van der Waals surface area contributed by atoms with E-state index in [2.05, 4.69) is 4.98 Å². The van der Waals surface area contributed by atoms with E-state index in [9.17, 15) is 22.4 Å². The molecular weight excluding hydrogens is 412 g/mol. The van der Waals surface area contributed by atoms with E-state index in [0.29, 0.717) is 16.8 Å². The summed E-state index contributed by atoms with van der Waals surface area (Å²) in [6, 6.07) is 15.3. The van der Waals surface area contributed by atoms with Gasteiger partial charge in [0.15, 0.2) is 0 Å². The Morgan fingerprint density at radius 2 is 1.81 bits per heavy atom. The Kier molecular flexibility index (Phi) is 5.22. The van der Waals surface area contributed by atoms with Crippen LogP contribution in [0, 0.1) is 5.82 Å². The van der Waals surface area contributed by atoms with E-state index in [1.807, 2.05) is 0 Å². The van der Waals surface area contributed by atoms with E-state index in [1.165, 1.54) is 24.3 Å². The molecule has 158 valence electrons. The van der Waals surface area contributed by atoms with Crippen LogP contribution >= 0.6 is 0 Å². The average Bonchev–Trinajstić information content (AvgIpc) is 3.12. The van der Waals surface area contributed by atoms with Gasteiger partial charge in [-0.25, -0.2) is 14.2 Å². The van der Waals surface area contributed by atoms with Crippen LogP contribution in [0.4, 0.5) is 17.6 Å². The molecule has 0 atom stereocenters. The number of ether oxygens (including phenoxy) is 1. The van der Waals surface area contributed by atoms with Crippen molar-refractivity contribution in [1.82, 2.24) is 9.55 Å². The van der Waals surface area contributed by atoms with E-state index in [4.69, 9.17) is 4.74 Å². The molecule has 4 nitrogen and oxygen atoms in total. The molecule has 0 N–H and O–H groups in total. The van der Waals surface area contributed by atoms with Crippen molar-refractivity contribution < 1.29 is 27.1 Å². The molecule has 1 heterocycles. The Balaban J connectivity index is 1.97. The monoisotopic (exact) mass is 428 g/mol. The molecule has 0 bridgehead atoms. The highest BCUT2D eigenvalue weighted by Gasteiger charge is 2.31. The first-order valence-corrected chi connectivity index (χ1v) is 9.41. The van der Waals surface area contributed by atoms with E-state index in [1.54, 1.807) is 41.8 Å². The number of fused-ring (bicyclic) bond motifs is 1. The summed E-state index contributed by atoms with van der Waals surface area (Å²) < 4.78 is 60.1. The number of esters is 1. The zero-order chi connectivity index (χ0) is 22.2.